The molecule has 0 saturated carbocycles. The van der Waals surface area contributed by atoms with Gasteiger partial charge in [0.1, 0.15) is 17.5 Å². The van der Waals surface area contributed by atoms with E-state index in [1.165, 1.54) is 18.2 Å². The second-order valence-electron chi connectivity index (χ2n) is 6.18. The number of hydrogen-bond acceptors (Lipinski definition) is 7. The molecule has 1 aliphatic rings. The summed E-state index contributed by atoms with van der Waals surface area (Å²) in [6, 6.07) is 15.1. The third-order valence-corrected chi connectivity index (χ3v) is 4.33. The number of carbonyl (C=O) groups excluding carboxylic acids is 2. The Hall–Kier alpha value is -3.86. The van der Waals surface area contributed by atoms with Crippen LogP contribution < -0.4 is 15.1 Å². The number of hydrazone groups is 1. The molecule has 2 aromatic carbocycles. The van der Waals surface area contributed by atoms with E-state index in [-0.39, 0.29) is 24.6 Å². The monoisotopic (exact) mass is 392 g/mol. The van der Waals surface area contributed by atoms with Gasteiger partial charge in [-0.25, -0.2) is 4.79 Å². The van der Waals surface area contributed by atoms with Gasteiger partial charge in [-0.3, -0.25) is 9.80 Å². The number of anilines is 2. The van der Waals surface area contributed by atoms with Gasteiger partial charge in [-0.15, -0.1) is 0 Å². The van der Waals surface area contributed by atoms with Gasteiger partial charge < -0.3 is 14.8 Å². The Bertz CT molecular complexity index is 982. The molecule has 1 N–H and O–H groups in total. The van der Waals surface area contributed by atoms with Gasteiger partial charge in [0.05, 0.1) is 36.7 Å². The van der Waals surface area contributed by atoms with Gasteiger partial charge in [-0.1, -0.05) is 18.2 Å². The van der Waals surface area contributed by atoms with Crippen molar-refractivity contribution in [3.8, 4) is 11.8 Å². The van der Waals surface area contributed by atoms with E-state index in [1.54, 1.807) is 31.2 Å². The Labute approximate surface area is 168 Å². The summed E-state index contributed by atoms with van der Waals surface area (Å²) in [6.07, 6.45) is 0.0970. The second kappa shape index (κ2) is 8.89. The maximum absolute atomic E-state index is 13.1. The van der Waals surface area contributed by atoms with Crippen LogP contribution in [0.2, 0.25) is 0 Å². The molecule has 0 radical (unpaired) electrons. The third-order valence-electron chi connectivity index (χ3n) is 4.33. The number of carbonyl (C=O) groups is 2. The molecule has 2 aromatic rings. The number of amides is 1. The fraction of sp³-hybridized carbons (Fsp3) is 0.238. The fourth-order valence-corrected chi connectivity index (χ4v) is 2.96. The number of nitriles is 1. The summed E-state index contributed by atoms with van der Waals surface area (Å²) in [6.45, 7) is 1.93. The van der Waals surface area contributed by atoms with Gasteiger partial charge in [-0.05, 0) is 37.3 Å². The summed E-state index contributed by atoms with van der Waals surface area (Å²) in [5.41, 5.74) is 1.60. The van der Waals surface area contributed by atoms with Crippen molar-refractivity contribution in [1.29, 1.82) is 5.26 Å². The third kappa shape index (κ3) is 4.35. The lowest BCUT2D eigenvalue weighted by Crippen LogP contribution is -2.39. The molecule has 1 aliphatic heterocycles. The minimum atomic E-state index is -0.757. The fourth-order valence-electron chi connectivity index (χ4n) is 2.96. The first-order valence-electron chi connectivity index (χ1n) is 9.05. The number of nitrogens with zero attached hydrogens (tertiary/aromatic N) is 3. The van der Waals surface area contributed by atoms with E-state index in [0.717, 1.165) is 0 Å². The van der Waals surface area contributed by atoms with E-state index in [4.69, 9.17) is 14.7 Å². The van der Waals surface area contributed by atoms with Crippen molar-refractivity contribution < 1.29 is 19.1 Å². The van der Waals surface area contributed by atoms with Gasteiger partial charge in [0.2, 0.25) is 5.91 Å². The predicted octanol–water partition coefficient (Wildman–Crippen LogP) is 2.70. The molecule has 8 heteroatoms. The van der Waals surface area contributed by atoms with Gasteiger partial charge in [0, 0.05) is 6.42 Å². The Kier molecular flexibility index (Phi) is 6.09. The number of nitrogens with one attached hydrogen (secondary N) is 1. The maximum Gasteiger partial charge on any atom is 0.354 e. The first-order valence-corrected chi connectivity index (χ1v) is 9.05. The Morgan fingerprint density at radius 3 is 2.69 bits per heavy atom. The van der Waals surface area contributed by atoms with Crippen LogP contribution in [0.1, 0.15) is 18.9 Å². The Balaban J connectivity index is 1.89. The van der Waals surface area contributed by atoms with E-state index in [2.05, 4.69) is 10.4 Å². The Morgan fingerprint density at radius 2 is 2.03 bits per heavy atom. The highest BCUT2D eigenvalue weighted by Crippen LogP contribution is 2.29. The van der Waals surface area contributed by atoms with Crippen LogP contribution in [0.3, 0.4) is 0 Å². The zero-order chi connectivity index (χ0) is 20.8. The molecule has 1 atom stereocenters. The Morgan fingerprint density at radius 1 is 1.28 bits per heavy atom. The highest BCUT2D eigenvalue weighted by Gasteiger charge is 2.37. The molecule has 29 heavy (non-hydrogen) atoms. The minimum Gasteiger partial charge on any atom is -0.495 e. The van der Waals surface area contributed by atoms with Crippen molar-refractivity contribution in [3.05, 3.63) is 54.1 Å². The van der Waals surface area contributed by atoms with E-state index in [0.29, 0.717) is 22.7 Å². The molecule has 8 nitrogen and oxygen atoms in total. The summed E-state index contributed by atoms with van der Waals surface area (Å²) < 4.78 is 10.3. The van der Waals surface area contributed by atoms with Crippen LogP contribution in [0, 0.1) is 11.3 Å². The number of hydrogen-bond donors (Lipinski definition) is 1. The highest BCUT2D eigenvalue weighted by molar-refractivity contribution is 6.38. The van der Waals surface area contributed by atoms with Gasteiger partial charge in [0.25, 0.3) is 0 Å². The number of methoxy groups -OCH3 is 1. The zero-order valence-electron chi connectivity index (χ0n) is 16.1. The van der Waals surface area contributed by atoms with Crippen LogP contribution in [0.25, 0.3) is 0 Å². The van der Waals surface area contributed by atoms with E-state index < -0.39 is 12.0 Å². The average molecular weight is 392 g/mol. The lowest BCUT2D eigenvalue weighted by atomic mass is 10.1. The molecule has 0 bridgehead atoms. The highest BCUT2D eigenvalue weighted by atomic mass is 16.5. The predicted molar refractivity (Wildman–Crippen MR) is 108 cm³/mol. The minimum absolute atomic E-state index is 0.0970. The van der Waals surface area contributed by atoms with Crippen molar-refractivity contribution in [2.75, 3.05) is 24.0 Å². The number of ether oxygens (including phenoxy) is 2. The lowest BCUT2D eigenvalue weighted by Gasteiger charge is -2.23. The summed E-state index contributed by atoms with van der Waals surface area (Å²) in [4.78, 5) is 25.2. The van der Waals surface area contributed by atoms with Crippen molar-refractivity contribution >= 4 is 29.0 Å². The molecule has 0 aliphatic carbocycles. The molecular weight excluding hydrogens is 372 g/mol. The summed E-state index contributed by atoms with van der Waals surface area (Å²) >= 11 is 0. The summed E-state index contributed by atoms with van der Waals surface area (Å²) in [5.74, 6) is -0.508. The smallest absolute Gasteiger partial charge is 0.354 e. The standard InChI is InChI=1S/C21H20N4O4/c1-3-29-21(27)17-12-18(25(24-17)15-7-5-4-6-8-15)20(26)23-16-11-14(13-22)9-10-19(16)28-2/h4-11,18H,3,12H2,1-2H3,(H,23,26). The van der Waals surface area contributed by atoms with Crippen molar-refractivity contribution in [2.24, 2.45) is 5.10 Å². The molecule has 0 fully saturated rings. The number of esters is 1. The van der Waals surface area contributed by atoms with Crippen LogP contribution >= 0.6 is 0 Å². The first kappa shape index (κ1) is 19.9. The molecule has 0 spiro atoms. The maximum atomic E-state index is 13.1. The van der Waals surface area contributed by atoms with Crippen LogP contribution in [0.5, 0.6) is 5.75 Å². The molecule has 148 valence electrons. The number of benzene rings is 2. The second-order valence-corrected chi connectivity index (χ2v) is 6.18. The first-order chi connectivity index (χ1) is 14.1. The molecule has 1 unspecified atom stereocenters. The molecular formula is C21H20N4O4. The SMILES string of the molecule is CCOC(=O)C1=NN(c2ccccc2)C(C(=O)Nc2cc(C#N)ccc2OC)C1. The van der Waals surface area contributed by atoms with Crippen LogP contribution in [-0.2, 0) is 14.3 Å². The zero-order valence-corrected chi connectivity index (χ0v) is 16.1. The van der Waals surface area contributed by atoms with E-state index in [9.17, 15) is 9.59 Å². The average Bonchev–Trinajstić information content (AvgIpc) is 3.20. The number of rotatable bonds is 6. The van der Waals surface area contributed by atoms with Crippen molar-refractivity contribution in [3.63, 3.8) is 0 Å². The van der Waals surface area contributed by atoms with Crippen molar-refractivity contribution in [1.82, 2.24) is 0 Å². The number of para-hydroxylation sites is 1. The summed E-state index contributed by atoms with van der Waals surface area (Å²) in [7, 11) is 1.48. The van der Waals surface area contributed by atoms with Crippen LogP contribution in [-0.4, -0.2) is 37.3 Å². The topological polar surface area (TPSA) is 104 Å². The molecule has 0 aromatic heterocycles. The molecule has 0 saturated heterocycles. The molecule has 3 rings (SSSR count). The molecule has 1 amide bonds. The quantitative estimate of drug-likeness (QED) is 0.758. The normalized spacial score (nSPS) is 15.3. The van der Waals surface area contributed by atoms with E-state index >= 15 is 0 Å². The van der Waals surface area contributed by atoms with Crippen LogP contribution in [0.4, 0.5) is 11.4 Å². The largest absolute Gasteiger partial charge is 0.495 e. The van der Waals surface area contributed by atoms with Crippen molar-refractivity contribution in [2.45, 2.75) is 19.4 Å². The van der Waals surface area contributed by atoms with E-state index in [1.807, 2.05) is 24.3 Å². The lowest BCUT2D eigenvalue weighted by molar-refractivity contribution is -0.135. The van der Waals surface area contributed by atoms with Gasteiger partial charge in [-0.2, -0.15) is 10.4 Å². The summed E-state index contributed by atoms with van der Waals surface area (Å²) in [5, 5.41) is 17.7. The van der Waals surface area contributed by atoms with Gasteiger partial charge >= 0.3 is 5.97 Å². The molecule has 1 heterocycles. The van der Waals surface area contributed by atoms with Gasteiger partial charge in [0.15, 0.2) is 0 Å². The van der Waals surface area contributed by atoms with Crippen LogP contribution in [0.15, 0.2) is 53.6 Å².